The number of anilines is 2. The number of amides is 1. The predicted molar refractivity (Wildman–Crippen MR) is 151 cm³/mol. The van der Waals surface area contributed by atoms with Crippen LogP contribution in [0.25, 0.3) is 0 Å². The first kappa shape index (κ1) is 28.6. The van der Waals surface area contributed by atoms with E-state index in [2.05, 4.69) is 5.32 Å². The average Bonchev–Trinajstić information content (AvgIpc) is 2.96. The van der Waals surface area contributed by atoms with Gasteiger partial charge in [-0.3, -0.25) is 9.10 Å². The van der Waals surface area contributed by atoms with Crippen LogP contribution in [0.3, 0.4) is 0 Å². The Morgan fingerprint density at radius 3 is 2.23 bits per heavy atom. The monoisotopic (exact) mass is 571 g/mol. The standard InChI is InChI=1S/C28H33N3O6S2/c1-3-22-12-8-9-15-26(22)31(39(35,36)23-13-6-4-7-14-23)21-28(32)29-25-20-24(16-17-27(25)37-2)38(33,34)30-18-10-5-11-19-30/h4,6-9,12-17,20H,3,5,10-11,18-19,21H2,1-2H3,(H,29,32). The van der Waals surface area contributed by atoms with Crippen molar-refractivity contribution in [1.29, 1.82) is 0 Å². The first-order valence-electron chi connectivity index (χ1n) is 12.8. The molecule has 0 aromatic heterocycles. The minimum Gasteiger partial charge on any atom is -0.495 e. The van der Waals surface area contributed by atoms with Gasteiger partial charge in [0, 0.05) is 13.1 Å². The highest BCUT2D eigenvalue weighted by Crippen LogP contribution is 2.31. The molecule has 1 fully saturated rings. The van der Waals surface area contributed by atoms with E-state index in [4.69, 9.17) is 4.74 Å². The lowest BCUT2D eigenvalue weighted by Gasteiger charge is -2.27. The summed E-state index contributed by atoms with van der Waals surface area (Å²) in [5, 5.41) is 2.69. The average molecular weight is 572 g/mol. The number of hydrogen-bond acceptors (Lipinski definition) is 6. The third-order valence-electron chi connectivity index (χ3n) is 6.66. The topological polar surface area (TPSA) is 113 Å². The molecule has 1 aliphatic heterocycles. The van der Waals surface area contributed by atoms with Gasteiger partial charge in [-0.2, -0.15) is 4.31 Å². The van der Waals surface area contributed by atoms with E-state index in [9.17, 15) is 21.6 Å². The molecule has 0 radical (unpaired) electrons. The SMILES string of the molecule is CCc1ccccc1N(CC(=O)Nc1cc(S(=O)(=O)N2CCCCC2)ccc1OC)S(=O)(=O)c1ccccc1. The van der Waals surface area contributed by atoms with E-state index in [1.165, 1.54) is 41.7 Å². The van der Waals surface area contributed by atoms with Crippen molar-refractivity contribution < 1.29 is 26.4 Å². The summed E-state index contributed by atoms with van der Waals surface area (Å²) in [6.45, 7) is 2.27. The van der Waals surface area contributed by atoms with Crippen molar-refractivity contribution in [2.24, 2.45) is 0 Å². The van der Waals surface area contributed by atoms with Crippen molar-refractivity contribution in [3.63, 3.8) is 0 Å². The molecule has 208 valence electrons. The number of methoxy groups -OCH3 is 1. The van der Waals surface area contributed by atoms with Gasteiger partial charge >= 0.3 is 0 Å². The molecule has 3 aromatic rings. The highest BCUT2D eigenvalue weighted by Gasteiger charge is 2.30. The van der Waals surface area contributed by atoms with E-state index in [-0.39, 0.29) is 21.2 Å². The minimum atomic E-state index is -4.10. The van der Waals surface area contributed by atoms with Gasteiger partial charge in [-0.25, -0.2) is 16.8 Å². The highest BCUT2D eigenvalue weighted by atomic mass is 32.2. The lowest BCUT2D eigenvalue weighted by Crippen LogP contribution is -2.38. The molecule has 9 nitrogen and oxygen atoms in total. The van der Waals surface area contributed by atoms with Crippen molar-refractivity contribution in [3.05, 3.63) is 78.4 Å². The summed E-state index contributed by atoms with van der Waals surface area (Å²) in [7, 11) is -6.45. The normalized spacial score (nSPS) is 14.5. The van der Waals surface area contributed by atoms with E-state index >= 15 is 0 Å². The second-order valence-electron chi connectivity index (χ2n) is 9.18. The highest BCUT2D eigenvalue weighted by molar-refractivity contribution is 7.92. The molecule has 1 N–H and O–H groups in total. The Morgan fingerprint density at radius 2 is 1.56 bits per heavy atom. The Balaban J connectivity index is 1.67. The van der Waals surface area contributed by atoms with Crippen LogP contribution in [0, 0.1) is 0 Å². The number of rotatable bonds is 10. The van der Waals surface area contributed by atoms with Gasteiger partial charge in [0.1, 0.15) is 12.3 Å². The molecular formula is C28H33N3O6S2. The molecule has 39 heavy (non-hydrogen) atoms. The molecule has 0 unspecified atom stereocenters. The van der Waals surface area contributed by atoms with Crippen LogP contribution in [0.5, 0.6) is 5.75 Å². The molecule has 0 saturated carbocycles. The number of nitrogens with one attached hydrogen (secondary N) is 1. The summed E-state index contributed by atoms with van der Waals surface area (Å²) in [5.74, 6) is -0.390. The summed E-state index contributed by atoms with van der Waals surface area (Å²) < 4.78 is 61.8. The van der Waals surface area contributed by atoms with Gasteiger partial charge in [0.2, 0.25) is 15.9 Å². The van der Waals surface area contributed by atoms with E-state index in [0.29, 0.717) is 25.2 Å². The zero-order valence-electron chi connectivity index (χ0n) is 22.0. The quantitative estimate of drug-likeness (QED) is 0.389. The van der Waals surface area contributed by atoms with E-state index in [1.54, 1.807) is 30.3 Å². The van der Waals surface area contributed by atoms with Gasteiger partial charge in [0.05, 0.1) is 28.3 Å². The number of nitrogens with zero attached hydrogens (tertiary/aromatic N) is 2. The summed E-state index contributed by atoms with van der Waals surface area (Å²) in [4.78, 5) is 13.5. The molecule has 0 aliphatic carbocycles. The number of sulfonamides is 2. The molecular weight excluding hydrogens is 538 g/mol. The first-order valence-corrected chi connectivity index (χ1v) is 15.7. The Bertz CT molecular complexity index is 1520. The molecule has 1 heterocycles. The number of para-hydroxylation sites is 1. The van der Waals surface area contributed by atoms with Crippen molar-refractivity contribution in [2.75, 3.05) is 36.4 Å². The number of benzene rings is 3. The van der Waals surface area contributed by atoms with Crippen molar-refractivity contribution in [2.45, 2.75) is 42.4 Å². The van der Waals surface area contributed by atoms with Crippen LogP contribution in [-0.2, 0) is 31.3 Å². The number of ether oxygens (including phenoxy) is 1. The van der Waals surface area contributed by atoms with Crippen LogP contribution < -0.4 is 14.4 Å². The number of aryl methyl sites for hydroxylation is 1. The van der Waals surface area contributed by atoms with Crippen molar-refractivity contribution >= 4 is 37.3 Å². The number of piperidine rings is 1. The fourth-order valence-corrected chi connectivity index (χ4v) is 7.62. The molecule has 1 amide bonds. The van der Waals surface area contributed by atoms with E-state index < -0.39 is 32.5 Å². The Labute approximate surface area is 230 Å². The third-order valence-corrected chi connectivity index (χ3v) is 10.3. The van der Waals surface area contributed by atoms with Crippen LogP contribution >= 0.6 is 0 Å². The fourth-order valence-electron chi connectivity index (χ4n) is 4.59. The van der Waals surface area contributed by atoms with Crippen LogP contribution in [0.2, 0.25) is 0 Å². The predicted octanol–water partition coefficient (Wildman–Crippen LogP) is 4.27. The summed E-state index contributed by atoms with van der Waals surface area (Å²) in [6, 6.07) is 19.2. The maximum atomic E-state index is 13.7. The maximum Gasteiger partial charge on any atom is 0.264 e. The zero-order valence-corrected chi connectivity index (χ0v) is 23.7. The van der Waals surface area contributed by atoms with E-state index in [1.807, 2.05) is 19.1 Å². The van der Waals surface area contributed by atoms with Crippen molar-refractivity contribution in [1.82, 2.24) is 4.31 Å². The van der Waals surface area contributed by atoms with Gasteiger partial charge in [-0.1, -0.05) is 49.7 Å². The number of carbonyl (C=O) groups excluding carboxylic acids is 1. The summed E-state index contributed by atoms with van der Waals surface area (Å²) in [6.07, 6.45) is 3.14. The van der Waals surface area contributed by atoms with Gasteiger partial charge < -0.3 is 10.1 Å². The zero-order chi connectivity index (χ0) is 28.0. The van der Waals surface area contributed by atoms with Crippen LogP contribution in [-0.4, -0.2) is 53.8 Å². The van der Waals surface area contributed by atoms with Crippen molar-refractivity contribution in [3.8, 4) is 5.75 Å². The summed E-state index contributed by atoms with van der Waals surface area (Å²) >= 11 is 0. The maximum absolute atomic E-state index is 13.7. The second-order valence-corrected chi connectivity index (χ2v) is 13.0. The number of carbonyl (C=O) groups is 1. The molecule has 3 aromatic carbocycles. The third kappa shape index (κ3) is 6.26. The Kier molecular flexibility index (Phi) is 8.94. The van der Waals surface area contributed by atoms with Gasteiger partial charge in [-0.05, 0) is 61.2 Å². The molecule has 11 heteroatoms. The largest absolute Gasteiger partial charge is 0.495 e. The van der Waals surface area contributed by atoms with Gasteiger partial charge in [-0.15, -0.1) is 0 Å². The van der Waals surface area contributed by atoms with Crippen LogP contribution in [0.4, 0.5) is 11.4 Å². The second kappa shape index (κ2) is 12.2. The summed E-state index contributed by atoms with van der Waals surface area (Å²) in [5.41, 5.74) is 1.30. The number of hydrogen-bond donors (Lipinski definition) is 1. The smallest absolute Gasteiger partial charge is 0.264 e. The lowest BCUT2D eigenvalue weighted by molar-refractivity contribution is -0.114. The Morgan fingerprint density at radius 1 is 0.897 bits per heavy atom. The minimum absolute atomic E-state index is 0.0330. The molecule has 1 aliphatic rings. The van der Waals surface area contributed by atoms with Crippen LogP contribution in [0.15, 0.2) is 82.6 Å². The van der Waals surface area contributed by atoms with Gasteiger partial charge in [0.25, 0.3) is 10.0 Å². The lowest BCUT2D eigenvalue weighted by atomic mass is 10.1. The van der Waals surface area contributed by atoms with Crippen LogP contribution in [0.1, 0.15) is 31.7 Å². The molecule has 0 bridgehead atoms. The molecule has 0 atom stereocenters. The van der Waals surface area contributed by atoms with E-state index in [0.717, 1.165) is 29.1 Å². The molecule has 1 saturated heterocycles. The van der Waals surface area contributed by atoms with Gasteiger partial charge in [0.15, 0.2) is 0 Å². The molecule has 0 spiro atoms. The first-order chi connectivity index (χ1) is 18.7. The fraction of sp³-hybridized carbons (Fsp3) is 0.321. The Hall–Kier alpha value is -3.41. The molecule has 4 rings (SSSR count).